The van der Waals surface area contributed by atoms with Crippen molar-refractivity contribution in [3.05, 3.63) is 64.1 Å². The first-order chi connectivity index (χ1) is 16.7. The van der Waals surface area contributed by atoms with E-state index in [9.17, 15) is 18.0 Å². The van der Waals surface area contributed by atoms with Crippen LogP contribution in [0.3, 0.4) is 0 Å². The van der Waals surface area contributed by atoms with Crippen molar-refractivity contribution in [1.82, 2.24) is 10.2 Å². The monoisotopic (exact) mass is 555 g/mol. The first-order valence-corrected chi connectivity index (χ1v) is 14.4. The number of carbonyl (C=O) groups is 2. The lowest BCUT2D eigenvalue weighted by Crippen LogP contribution is -2.53. The Morgan fingerprint density at radius 1 is 1.03 bits per heavy atom. The number of hydrogen-bond acceptors (Lipinski definition) is 4. The Balaban J connectivity index is 2.16. The van der Waals surface area contributed by atoms with Gasteiger partial charge in [0, 0.05) is 30.1 Å². The molecule has 198 valence electrons. The van der Waals surface area contributed by atoms with Crippen molar-refractivity contribution >= 4 is 50.7 Å². The van der Waals surface area contributed by atoms with Crippen molar-refractivity contribution in [2.24, 2.45) is 0 Å². The second-order valence-corrected chi connectivity index (χ2v) is 12.5. The summed E-state index contributed by atoms with van der Waals surface area (Å²) in [7, 11) is -3.67. The number of anilines is 1. The molecule has 2 rings (SSSR count). The van der Waals surface area contributed by atoms with Crippen molar-refractivity contribution < 1.29 is 18.0 Å². The van der Waals surface area contributed by atoms with Gasteiger partial charge in [-0.25, -0.2) is 8.42 Å². The van der Waals surface area contributed by atoms with E-state index in [1.54, 1.807) is 17.9 Å². The Morgan fingerprint density at radius 2 is 1.67 bits per heavy atom. The molecule has 36 heavy (non-hydrogen) atoms. The van der Waals surface area contributed by atoms with Crippen molar-refractivity contribution in [2.45, 2.75) is 58.5 Å². The summed E-state index contributed by atoms with van der Waals surface area (Å²) >= 11 is 12.3. The van der Waals surface area contributed by atoms with Gasteiger partial charge in [0.2, 0.25) is 21.8 Å². The average molecular weight is 557 g/mol. The molecule has 0 aliphatic carbocycles. The average Bonchev–Trinajstić information content (AvgIpc) is 2.77. The molecule has 2 aromatic carbocycles. The zero-order chi connectivity index (χ0) is 27.1. The van der Waals surface area contributed by atoms with Gasteiger partial charge in [-0.15, -0.1) is 0 Å². The number of rotatable bonds is 11. The Hall–Kier alpha value is -2.29. The van der Waals surface area contributed by atoms with Gasteiger partial charge in [-0.3, -0.25) is 13.9 Å². The minimum atomic E-state index is -3.67. The third kappa shape index (κ3) is 9.30. The van der Waals surface area contributed by atoms with Crippen molar-refractivity contribution in [1.29, 1.82) is 0 Å². The molecule has 0 aliphatic heterocycles. The maximum atomic E-state index is 13.3. The quantitative estimate of drug-likeness (QED) is 0.426. The van der Waals surface area contributed by atoms with Crippen LogP contribution in [0.4, 0.5) is 5.69 Å². The number of halogens is 2. The van der Waals surface area contributed by atoms with Crippen molar-refractivity contribution in [3.8, 4) is 0 Å². The van der Waals surface area contributed by atoms with Crippen molar-refractivity contribution in [3.63, 3.8) is 0 Å². The summed E-state index contributed by atoms with van der Waals surface area (Å²) in [4.78, 5) is 27.7. The molecule has 2 amide bonds. The number of nitrogens with one attached hydrogen (secondary N) is 1. The summed E-state index contributed by atoms with van der Waals surface area (Å²) in [6.45, 7) is 7.76. The molecule has 0 fully saturated rings. The Labute approximate surface area is 224 Å². The maximum Gasteiger partial charge on any atom is 0.242 e. The summed E-state index contributed by atoms with van der Waals surface area (Å²) in [6, 6.07) is 13.6. The van der Waals surface area contributed by atoms with Crippen LogP contribution >= 0.6 is 23.2 Å². The predicted octanol–water partition coefficient (Wildman–Crippen LogP) is 4.91. The van der Waals surface area contributed by atoms with E-state index in [1.165, 1.54) is 12.1 Å². The number of benzene rings is 2. The van der Waals surface area contributed by atoms with Crippen LogP contribution in [0.5, 0.6) is 0 Å². The summed E-state index contributed by atoms with van der Waals surface area (Å²) in [6.07, 6.45) is 1.97. The molecule has 10 heteroatoms. The molecular weight excluding hydrogens is 521 g/mol. The summed E-state index contributed by atoms with van der Waals surface area (Å²) in [5.74, 6) is -0.472. The molecule has 0 spiro atoms. The van der Waals surface area contributed by atoms with Gasteiger partial charge in [-0.05, 0) is 64.3 Å². The number of sulfonamides is 1. The molecule has 1 atom stereocenters. The lowest BCUT2D eigenvalue weighted by Gasteiger charge is -2.32. The van der Waals surface area contributed by atoms with Crippen LogP contribution in [0.1, 0.15) is 46.1 Å². The minimum absolute atomic E-state index is 0.0414. The third-order valence-electron chi connectivity index (χ3n) is 5.48. The van der Waals surface area contributed by atoms with Gasteiger partial charge >= 0.3 is 0 Å². The van der Waals surface area contributed by atoms with E-state index in [1.807, 2.05) is 51.1 Å². The number of carbonyl (C=O) groups excluding carboxylic acids is 2. The van der Waals surface area contributed by atoms with Crippen LogP contribution in [0.15, 0.2) is 48.5 Å². The largest absolute Gasteiger partial charge is 0.350 e. The number of nitrogens with zero attached hydrogens (tertiary/aromatic N) is 2. The van der Waals surface area contributed by atoms with E-state index in [0.717, 1.165) is 16.1 Å². The van der Waals surface area contributed by atoms with E-state index in [-0.39, 0.29) is 41.9 Å². The highest BCUT2D eigenvalue weighted by molar-refractivity contribution is 7.92. The third-order valence-corrected chi connectivity index (χ3v) is 7.21. The molecule has 0 saturated carbocycles. The van der Waals surface area contributed by atoms with Crippen LogP contribution < -0.4 is 9.62 Å². The summed E-state index contributed by atoms with van der Waals surface area (Å²) in [5.41, 5.74) is 0.877. The highest BCUT2D eigenvalue weighted by Crippen LogP contribution is 2.31. The fourth-order valence-electron chi connectivity index (χ4n) is 3.70. The molecule has 0 aliphatic rings. The minimum Gasteiger partial charge on any atom is -0.350 e. The zero-order valence-corrected chi connectivity index (χ0v) is 23.8. The van der Waals surface area contributed by atoms with E-state index >= 15 is 0 Å². The van der Waals surface area contributed by atoms with Gasteiger partial charge in [0.1, 0.15) is 6.04 Å². The first kappa shape index (κ1) is 29.9. The molecule has 2 aromatic rings. The molecular formula is C26H35Cl2N3O4S. The highest BCUT2D eigenvalue weighted by atomic mass is 35.5. The maximum absolute atomic E-state index is 13.3. The Morgan fingerprint density at radius 3 is 2.25 bits per heavy atom. The van der Waals surface area contributed by atoms with Crippen LogP contribution in [0.25, 0.3) is 0 Å². The summed E-state index contributed by atoms with van der Waals surface area (Å²) < 4.78 is 26.1. The van der Waals surface area contributed by atoms with Crippen LogP contribution in [0, 0.1) is 0 Å². The molecule has 0 unspecified atom stereocenters. The highest BCUT2D eigenvalue weighted by Gasteiger charge is 2.28. The van der Waals surface area contributed by atoms with Gasteiger partial charge in [-0.1, -0.05) is 53.5 Å². The molecule has 7 nitrogen and oxygen atoms in total. The number of hydrogen-bond donors (Lipinski definition) is 1. The van der Waals surface area contributed by atoms with Gasteiger partial charge < -0.3 is 10.2 Å². The van der Waals surface area contributed by atoms with Crippen molar-refractivity contribution in [2.75, 3.05) is 23.7 Å². The smallest absolute Gasteiger partial charge is 0.242 e. The fraction of sp³-hybridized carbons (Fsp3) is 0.462. The van der Waals surface area contributed by atoms with Crippen LogP contribution in [0.2, 0.25) is 10.0 Å². The SMILES string of the molecule is C[C@H](C(=O)NC(C)(C)C)N(CCc1ccccc1)C(=O)CCCN(c1cc(Cl)ccc1Cl)S(C)(=O)=O. The van der Waals surface area contributed by atoms with E-state index in [0.29, 0.717) is 18.0 Å². The predicted molar refractivity (Wildman–Crippen MR) is 147 cm³/mol. The van der Waals surface area contributed by atoms with E-state index in [4.69, 9.17) is 23.2 Å². The molecule has 0 saturated heterocycles. The van der Waals surface area contributed by atoms with Crippen LogP contribution in [-0.2, 0) is 26.0 Å². The van der Waals surface area contributed by atoms with Crippen LogP contribution in [-0.4, -0.2) is 56.1 Å². The normalized spacial score (nSPS) is 12.6. The Kier molecular flexibility index (Phi) is 10.6. The van der Waals surface area contributed by atoms with Gasteiger partial charge in [0.05, 0.1) is 17.0 Å². The molecule has 0 radical (unpaired) electrons. The lowest BCUT2D eigenvalue weighted by molar-refractivity contribution is -0.140. The zero-order valence-electron chi connectivity index (χ0n) is 21.4. The van der Waals surface area contributed by atoms with E-state index < -0.39 is 21.6 Å². The molecule has 1 N–H and O–H groups in total. The van der Waals surface area contributed by atoms with Gasteiger partial charge in [0.15, 0.2) is 0 Å². The number of amides is 2. The summed E-state index contributed by atoms with van der Waals surface area (Å²) in [5, 5.41) is 3.53. The van der Waals surface area contributed by atoms with Gasteiger partial charge in [-0.2, -0.15) is 0 Å². The second-order valence-electron chi connectivity index (χ2n) is 9.77. The molecule has 0 heterocycles. The molecule has 0 aromatic heterocycles. The lowest BCUT2D eigenvalue weighted by atomic mass is 10.1. The Bertz CT molecular complexity index is 1150. The standard InChI is InChI=1S/C26H35Cl2N3O4S/c1-19(25(33)29-26(2,3)4)30(17-15-20-10-7-6-8-11-20)24(32)12-9-16-31(36(5,34)35)23-18-21(27)13-14-22(23)28/h6-8,10-11,13-14,18-19H,9,12,15-17H2,1-5H3,(H,29,33)/t19-/m1/s1. The van der Waals surface area contributed by atoms with Gasteiger partial charge in [0.25, 0.3) is 0 Å². The molecule has 0 bridgehead atoms. The topological polar surface area (TPSA) is 86.8 Å². The second kappa shape index (κ2) is 12.8. The first-order valence-electron chi connectivity index (χ1n) is 11.8. The fourth-order valence-corrected chi connectivity index (χ4v) is 5.11. The van der Waals surface area contributed by atoms with E-state index in [2.05, 4.69) is 5.32 Å².